The lowest BCUT2D eigenvalue weighted by Crippen LogP contribution is -2.27. The second-order valence-electron chi connectivity index (χ2n) is 4.14. The van der Waals surface area contributed by atoms with Crippen LogP contribution in [-0.2, 0) is 0 Å². The molecule has 0 spiro atoms. The standard InChI is InChI=1S/C12H27NO/c1-3-4-5-6-7-9-12(2)13-10-8-11-14/h12-14H,3-11H2,1-2H3. The molecule has 0 rings (SSSR count). The van der Waals surface area contributed by atoms with Gasteiger partial charge in [0.1, 0.15) is 0 Å². The fourth-order valence-corrected chi connectivity index (χ4v) is 1.58. The van der Waals surface area contributed by atoms with Crippen LogP contribution in [0, 0.1) is 0 Å². The molecule has 2 N–H and O–H groups in total. The first kappa shape index (κ1) is 13.9. The van der Waals surface area contributed by atoms with Gasteiger partial charge in [-0.25, -0.2) is 0 Å². The Labute approximate surface area is 89.1 Å². The molecular weight excluding hydrogens is 174 g/mol. The molecule has 0 heterocycles. The van der Waals surface area contributed by atoms with E-state index in [1.807, 2.05) is 0 Å². The normalized spacial score (nSPS) is 13.1. The molecule has 0 aliphatic carbocycles. The van der Waals surface area contributed by atoms with E-state index in [1.165, 1.54) is 38.5 Å². The van der Waals surface area contributed by atoms with Crippen LogP contribution in [0.15, 0.2) is 0 Å². The zero-order valence-electron chi connectivity index (χ0n) is 9.89. The summed E-state index contributed by atoms with van der Waals surface area (Å²) in [6.45, 7) is 5.74. The van der Waals surface area contributed by atoms with Gasteiger partial charge in [0.15, 0.2) is 0 Å². The van der Waals surface area contributed by atoms with Gasteiger partial charge in [-0.3, -0.25) is 0 Å². The maximum Gasteiger partial charge on any atom is 0.0443 e. The first-order valence-corrected chi connectivity index (χ1v) is 6.15. The third-order valence-electron chi connectivity index (χ3n) is 2.57. The molecule has 0 amide bonds. The van der Waals surface area contributed by atoms with Crippen molar-refractivity contribution in [3.8, 4) is 0 Å². The zero-order chi connectivity index (χ0) is 10.6. The molecule has 0 saturated carbocycles. The third-order valence-corrected chi connectivity index (χ3v) is 2.57. The van der Waals surface area contributed by atoms with Crippen molar-refractivity contribution in [1.29, 1.82) is 0 Å². The van der Waals surface area contributed by atoms with Gasteiger partial charge in [0.05, 0.1) is 0 Å². The summed E-state index contributed by atoms with van der Waals surface area (Å²) in [6, 6.07) is 0.614. The van der Waals surface area contributed by atoms with Crippen LogP contribution in [-0.4, -0.2) is 24.3 Å². The SMILES string of the molecule is CCCCCCCC(C)NCCCO. The summed E-state index contributed by atoms with van der Waals surface area (Å²) in [5, 5.41) is 12.0. The van der Waals surface area contributed by atoms with E-state index >= 15 is 0 Å². The van der Waals surface area contributed by atoms with Crippen molar-refractivity contribution >= 4 is 0 Å². The topological polar surface area (TPSA) is 32.3 Å². The highest BCUT2D eigenvalue weighted by Crippen LogP contribution is 2.06. The van der Waals surface area contributed by atoms with E-state index in [2.05, 4.69) is 19.2 Å². The van der Waals surface area contributed by atoms with Crippen LogP contribution >= 0.6 is 0 Å². The molecule has 86 valence electrons. The second-order valence-corrected chi connectivity index (χ2v) is 4.14. The van der Waals surface area contributed by atoms with Gasteiger partial charge >= 0.3 is 0 Å². The predicted molar refractivity (Wildman–Crippen MR) is 62.5 cm³/mol. The molecule has 2 heteroatoms. The molecule has 0 aromatic rings. The van der Waals surface area contributed by atoms with Crippen LogP contribution in [0.2, 0.25) is 0 Å². The summed E-state index contributed by atoms with van der Waals surface area (Å²) in [4.78, 5) is 0. The van der Waals surface area contributed by atoms with E-state index < -0.39 is 0 Å². The Morgan fingerprint density at radius 1 is 1.07 bits per heavy atom. The molecular formula is C12H27NO. The van der Waals surface area contributed by atoms with Gasteiger partial charge in [0.2, 0.25) is 0 Å². The van der Waals surface area contributed by atoms with Gasteiger partial charge in [-0.15, -0.1) is 0 Å². The van der Waals surface area contributed by atoms with Crippen LogP contribution < -0.4 is 5.32 Å². The maximum absolute atomic E-state index is 8.61. The summed E-state index contributed by atoms with van der Waals surface area (Å²) >= 11 is 0. The van der Waals surface area contributed by atoms with Gasteiger partial charge in [0.25, 0.3) is 0 Å². The summed E-state index contributed by atoms with van der Waals surface area (Å²) in [6.07, 6.45) is 8.96. The Bertz CT molecular complexity index is 106. The monoisotopic (exact) mass is 201 g/mol. The Balaban J connectivity index is 3.06. The fourth-order valence-electron chi connectivity index (χ4n) is 1.58. The highest BCUT2D eigenvalue weighted by atomic mass is 16.3. The molecule has 0 aromatic carbocycles. The molecule has 0 aliphatic rings. The van der Waals surface area contributed by atoms with Crippen molar-refractivity contribution in [1.82, 2.24) is 5.32 Å². The minimum absolute atomic E-state index is 0.302. The summed E-state index contributed by atoms with van der Waals surface area (Å²) in [7, 11) is 0. The number of aliphatic hydroxyl groups excluding tert-OH is 1. The van der Waals surface area contributed by atoms with Crippen molar-refractivity contribution in [2.75, 3.05) is 13.2 Å². The first-order chi connectivity index (χ1) is 6.81. The average Bonchev–Trinajstić information content (AvgIpc) is 2.18. The second kappa shape index (κ2) is 11.0. The lowest BCUT2D eigenvalue weighted by atomic mass is 10.1. The van der Waals surface area contributed by atoms with Crippen LogP contribution in [0.25, 0.3) is 0 Å². The highest BCUT2D eigenvalue weighted by molar-refractivity contribution is 4.60. The van der Waals surface area contributed by atoms with Crippen molar-refractivity contribution in [2.45, 2.75) is 64.8 Å². The van der Waals surface area contributed by atoms with Gasteiger partial charge in [-0.2, -0.15) is 0 Å². The number of nitrogens with one attached hydrogen (secondary N) is 1. The number of rotatable bonds is 10. The molecule has 0 radical (unpaired) electrons. The quantitative estimate of drug-likeness (QED) is 0.533. The minimum Gasteiger partial charge on any atom is -0.396 e. The van der Waals surface area contributed by atoms with Crippen molar-refractivity contribution in [2.24, 2.45) is 0 Å². The molecule has 1 unspecified atom stereocenters. The Morgan fingerprint density at radius 2 is 1.79 bits per heavy atom. The number of hydrogen-bond donors (Lipinski definition) is 2. The van der Waals surface area contributed by atoms with Crippen molar-refractivity contribution in [3.63, 3.8) is 0 Å². The van der Waals surface area contributed by atoms with Gasteiger partial charge in [0, 0.05) is 12.6 Å². The minimum atomic E-state index is 0.302. The van der Waals surface area contributed by atoms with E-state index in [-0.39, 0.29) is 0 Å². The van der Waals surface area contributed by atoms with Crippen LogP contribution in [0.4, 0.5) is 0 Å². The summed E-state index contributed by atoms with van der Waals surface area (Å²) < 4.78 is 0. The van der Waals surface area contributed by atoms with E-state index in [4.69, 9.17) is 5.11 Å². The third kappa shape index (κ3) is 10.0. The molecule has 0 aliphatic heterocycles. The van der Waals surface area contributed by atoms with Crippen molar-refractivity contribution in [3.05, 3.63) is 0 Å². The Hall–Kier alpha value is -0.0800. The van der Waals surface area contributed by atoms with Gasteiger partial charge in [-0.05, 0) is 26.3 Å². The summed E-state index contributed by atoms with van der Waals surface area (Å²) in [5.41, 5.74) is 0. The number of hydrogen-bond acceptors (Lipinski definition) is 2. The molecule has 14 heavy (non-hydrogen) atoms. The summed E-state index contributed by atoms with van der Waals surface area (Å²) in [5.74, 6) is 0. The van der Waals surface area contributed by atoms with Gasteiger partial charge in [-0.1, -0.05) is 39.0 Å². The molecule has 0 bridgehead atoms. The predicted octanol–water partition coefficient (Wildman–Crippen LogP) is 2.71. The van der Waals surface area contributed by atoms with E-state index in [0.29, 0.717) is 12.6 Å². The van der Waals surface area contributed by atoms with E-state index in [9.17, 15) is 0 Å². The van der Waals surface area contributed by atoms with Crippen LogP contribution in [0.1, 0.15) is 58.8 Å². The molecule has 0 fully saturated rings. The Kier molecular flexibility index (Phi) is 10.9. The molecule has 0 aromatic heterocycles. The lowest BCUT2D eigenvalue weighted by molar-refractivity contribution is 0.283. The molecule has 2 nitrogen and oxygen atoms in total. The molecule has 0 saturated heterocycles. The Morgan fingerprint density at radius 3 is 2.43 bits per heavy atom. The maximum atomic E-state index is 8.61. The average molecular weight is 201 g/mol. The van der Waals surface area contributed by atoms with E-state index in [0.717, 1.165) is 13.0 Å². The largest absolute Gasteiger partial charge is 0.396 e. The number of aliphatic hydroxyl groups is 1. The fraction of sp³-hybridized carbons (Fsp3) is 1.00. The number of unbranched alkanes of at least 4 members (excludes halogenated alkanes) is 4. The smallest absolute Gasteiger partial charge is 0.0443 e. The van der Waals surface area contributed by atoms with E-state index in [1.54, 1.807) is 0 Å². The van der Waals surface area contributed by atoms with Crippen molar-refractivity contribution < 1.29 is 5.11 Å². The zero-order valence-corrected chi connectivity index (χ0v) is 9.89. The van der Waals surface area contributed by atoms with Crippen LogP contribution in [0.3, 0.4) is 0 Å². The first-order valence-electron chi connectivity index (χ1n) is 6.15. The lowest BCUT2D eigenvalue weighted by Gasteiger charge is -2.12. The highest BCUT2D eigenvalue weighted by Gasteiger charge is 1.99. The molecule has 1 atom stereocenters. The van der Waals surface area contributed by atoms with Crippen LogP contribution in [0.5, 0.6) is 0 Å². The van der Waals surface area contributed by atoms with Gasteiger partial charge < -0.3 is 10.4 Å².